The largest absolute Gasteiger partial charge is 0.366 e. The molecule has 1 aliphatic heterocycles. The summed E-state index contributed by atoms with van der Waals surface area (Å²) in [5, 5.41) is 19.9. The Morgan fingerprint density at radius 3 is 2.56 bits per heavy atom. The van der Waals surface area contributed by atoms with Crippen molar-refractivity contribution in [3.05, 3.63) is 83.2 Å². The number of benzene rings is 2. The predicted octanol–water partition coefficient (Wildman–Crippen LogP) is 4.34. The van der Waals surface area contributed by atoms with Gasteiger partial charge in [-0.1, -0.05) is 18.2 Å². The van der Waals surface area contributed by atoms with Crippen molar-refractivity contribution >= 4 is 33.0 Å². The Morgan fingerprint density at radius 1 is 1.13 bits per heavy atom. The molecule has 2 aromatic heterocycles. The average Bonchev–Trinajstić information content (AvgIpc) is 3.32. The van der Waals surface area contributed by atoms with Crippen molar-refractivity contribution < 1.29 is 13.2 Å². The molecule has 0 bridgehead atoms. The molecular formula is C28H29N7O3S. The van der Waals surface area contributed by atoms with Crippen LogP contribution in [0.25, 0.3) is 5.65 Å². The van der Waals surface area contributed by atoms with E-state index in [-0.39, 0.29) is 11.9 Å². The number of likely N-dealkylation sites (tertiary alicyclic amines) is 1. The second-order valence-corrected chi connectivity index (χ2v) is 11.8. The normalized spacial score (nSPS) is 14.2. The Hall–Kier alpha value is -4.43. The van der Waals surface area contributed by atoms with Crippen molar-refractivity contribution in [2.75, 3.05) is 30.0 Å². The van der Waals surface area contributed by atoms with Crippen molar-refractivity contribution in [3.8, 4) is 6.07 Å². The number of urea groups is 1. The van der Waals surface area contributed by atoms with Crippen LogP contribution in [0.4, 0.5) is 16.3 Å². The summed E-state index contributed by atoms with van der Waals surface area (Å²) >= 11 is 0. The number of aromatic nitrogens is 3. The van der Waals surface area contributed by atoms with Gasteiger partial charge in [-0.15, -0.1) is 0 Å². The minimum atomic E-state index is -3.24. The zero-order valence-corrected chi connectivity index (χ0v) is 22.6. The number of anilines is 2. The highest BCUT2D eigenvalue weighted by atomic mass is 32.2. The van der Waals surface area contributed by atoms with Gasteiger partial charge in [-0.05, 0) is 55.7 Å². The molecule has 0 unspecified atom stereocenters. The molecule has 0 radical (unpaired) electrons. The van der Waals surface area contributed by atoms with Gasteiger partial charge in [0.15, 0.2) is 15.5 Å². The first kappa shape index (κ1) is 26.2. The third-order valence-corrected chi connectivity index (χ3v) is 8.06. The van der Waals surface area contributed by atoms with E-state index < -0.39 is 9.84 Å². The summed E-state index contributed by atoms with van der Waals surface area (Å²) < 4.78 is 25.3. The topological polar surface area (TPSA) is 132 Å². The maximum absolute atomic E-state index is 12.8. The molecule has 3 heterocycles. The molecule has 0 atom stereocenters. The monoisotopic (exact) mass is 543 g/mol. The number of nitrogens with zero attached hydrogens (tertiary/aromatic N) is 5. The van der Waals surface area contributed by atoms with Gasteiger partial charge >= 0.3 is 6.03 Å². The maximum atomic E-state index is 12.8. The highest BCUT2D eigenvalue weighted by Gasteiger charge is 2.26. The van der Waals surface area contributed by atoms with Crippen LogP contribution in [0.2, 0.25) is 0 Å². The third-order valence-electron chi connectivity index (χ3n) is 6.94. The number of hydrogen-bond donors (Lipinski definition) is 2. The molecule has 0 aliphatic carbocycles. The number of hydrogen-bond acceptors (Lipinski definition) is 7. The predicted molar refractivity (Wildman–Crippen MR) is 148 cm³/mol. The van der Waals surface area contributed by atoms with E-state index >= 15 is 0 Å². The third kappa shape index (κ3) is 5.86. The maximum Gasteiger partial charge on any atom is 0.321 e. The average molecular weight is 544 g/mol. The minimum absolute atomic E-state index is 0.178. The smallest absolute Gasteiger partial charge is 0.321 e. The summed E-state index contributed by atoms with van der Waals surface area (Å²) in [7, 11) is -3.24. The van der Waals surface area contributed by atoms with Crippen LogP contribution in [-0.4, -0.2) is 53.3 Å². The van der Waals surface area contributed by atoms with Gasteiger partial charge in [-0.2, -0.15) is 14.9 Å². The summed E-state index contributed by atoms with van der Waals surface area (Å²) in [5.74, 6) is 0.984. The van der Waals surface area contributed by atoms with E-state index in [4.69, 9.17) is 10.2 Å². The van der Waals surface area contributed by atoms with E-state index in [0.29, 0.717) is 35.8 Å². The molecule has 0 saturated carbocycles. The molecule has 11 heteroatoms. The lowest BCUT2D eigenvalue weighted by atomic mass is 9.93. The molecule has 1 aliphatic rings. The number of fused-ring (bicyclic) bond motifs is 1. The Morgan fingerprint density at radius 2 is 1.87 bits per heavy atom. The number of carbonyl (C=O) groups excluding carboxylic acids is 1. The molecule has 4 aromatic rings. The van der Waals surface area contributed by atoms with Crippen LogP contribution in [0, 0.1) is 18.3 Å². The Bertz CT molecular complexity index is 1670. The molecule has 2 N–H and O–H groups in total. The Balaban J connectivity index is 1.28. The molecule has 1 saturated heterocycles. The lowest BCUT2D eigenvalue weighted by Gasteiger charge is -2.32. The summed E-state index contributed by atoms with van der Waals surface area (Å²) in [6.45, 7) is 3.65. The lowest BCUT2D eigenvalue weighted by molar-refractivity contribution is 0.194. The van der Waals surface area contributed by atoms with E-state index in [9.17, 15) is 13.2 Å². The van der Waals surface area contributed by atoms with Gasteiger partial charge in [0.25, 0.3) is 0 Å². The first-order valence-corrected chi connectivity index (χ1v) is 14.5. The van der Waals surface area contributed by atoms with Crippen LogP contribution in [0.15, 0.2) is 65.7 Å². The number of nitriles is 1. The fourth-order valence-corrected chi connectivity index (χ4v) is 5.35. The second-order valence-electron chi connectivity index (χ2n) is 9.78. The number of amides is 2. The molecule has 10 nitrogen and oxygen atoms in total. The number of sulfone groups is 1. The van der Waals surface area contributed by atoms with Crippen molar-refractivity contribution in [1.82, 2.24) is 19.5 Å². The molecule has 0 spiro atoms. The Labute approximate surface area is 227 Å². The van der Waals surface area contributed by atoms with Crippen LogP contribution in [0.3, 0.4) is 0 Å². The van der Waals surface area contributed by atoms with E-state index in [1.807, 2.05) is 13.0 Å². The number of rotatable bonds is 6. The fraction of sp³-hybridized carbons (Fsp3) is 0.286. The molecule has 2 aromatic carbocycles. The van der Waals surface area contributed by atoms with Gasteiger partial charge in [-0.25, -0.2) is 18.2 Å². The Kier molecular flexibility index (Phi) is 7.21. The van der Waals surface area contributed by atoms with E-state index in [1.54, 1.807) is 64.1 Å². The van der Waals surface area contributed by atoms with E-state index in [0.717, 1.165) is 41.1 Å². The quantitative estimate of drug-likeness (QED) is 0.370. The number of aryl methyl sites for hydroxylation is 1. The van der Waals surface area contributed by atoms with Crippen molar-refractivity contribution in [1.29, 1.82) is 5.26 Å². The first-order chi connectivity index (χ1) is 18.7. The lowest BCUT2D eigenvalue weighted by Crippen LogP contribution is -2.40. The van der Waals surface area contributed by atoms with Crippen molar-refractivity contribution in [2.24, 2.45) is 0 Å². The molecular weight excluding hydrogens is 514 g/mol. The highest BCUT2D eigenvalue weighted by Crippen LogP contribution is 2.30. The van der Waals surface area contributed by atoms with E-state index in [1.165, 1.54) is 6.26 Å². The number of piperidine rings is 1. The fourth-order valence-electron chi connectivity index (χ4n) is 4.72. The van der Waals surface area contributed by atoms with Gasteiger partial charge in [0.1, 0.15) is 5.82 Å². The van der Waals surface area contributed by atoms with Gasteiger partial charge in [0.2, 0.25) is 0 Å². The van der Waals surface area contributed by atoms with Gasteiger partial charge in [0, 0.05) is 54.8 Å². The van der Waals surface area contributed by atoms with Crippen LogP contribution >= 0.6 is 0 Å². The van der Waals surface area contributed by atoms with Gasteiger partial charge in [0.05, 0.1) is 22.7 Å². The van der Waals surface area contributed by atoms with Gasteiger partial charge in [-0.3, -0.25) is 0 Å². The first-order valence-electron chi connectivity index (χ1n) is 12.7. The van der Waals surface area contributed by atoms with E-state index in [2.05, 4.69) is 21.8 Å². The summed E-state index contributed by atoms with van der Waals surface area (Å²) in [4.78, 5) is 19.8. The molecule has 5 rings (SSSR count). The molecule has 2 amide bonds. The summed E-state index contributed by atoms with van der Waals surface area (Å²) in [5.41, 5.74) is 4.73. The minimum Gasteiger partial charge on any atom is -0.366 e. The van der Waals surface area contributed by atoms with Crippen molar-refractivity contribution in [2.45, 2.75) is 37.1 Å². The standard InChI is InChI=1S/C28H29N7O3S/c1-19-17-31-35-26(30-18-20-6-8-24(9-7-20)39(2,37)38)15-25(33-27(19)35)22-10-12-34(13-11-22)28(36)32-23-5-3-4-21(14-23)16-29/h3-9,14-15,17,22,30H,10-13,18H2,1-2H3,(H,32,36). The molecule has 1 fully saturated rings. The zero-order valence-electron chi connectivity index (χ0n) is 21.8. The zero-order chi connectivity index (χ0) is 27.6. The van der Waals surface area contributed by atoms with Gasteiger partial charge < -0.3 is 15.5 Å². The second kappa shape index (κ2) is 10.7. The number of nitrogens with one attached hydrogen (secondary N) is 2. The SMILES string of the molecule is Cc1cnn2c(NCc3ccc(S(C)(=O)=O)cc3)cc(C3CCN(C(=O)Nc4cccc(C#N)c4)CC3)nc12. The van der Waals surface area contributed by atoms with Crippen LogP contribution in [0.1, 0.15) is 41.1 Å². The number of carbonyl (C=O) groups is 1. The highest BCUT2D eigenvalue weighted by molar-refractivity contribution is 7.90. The molecule has 200 valence electrons. The van der Waals surface area contributed by atoms with Crippen molar-refractivity contribution in [3.63, 3.8) is 0 Å². The van der Waals surface area contributed by atoms with Crippen LogP contribution < -0.4 is 10.6 Å². The summed E-state index contributed by atoms with van der Waals surface area (Å²) in [6, 6.07) is 17.6. The molecule has 39 heavy (non-hydrogen) atoms. The van der Waals surface area contributed by atoms with Crippen LogP contribution in [0.5, 0.6) is 0 Å². The van der Waals surface area contributed by atoms with Crippen LogP contribution in [-0.2, 0) is 16.4 Å². The summed E-state index contributed by atoms with van der Waals surface area (Å²) in [6.07, 6.45) is 4.52.